The van der Waals surface area contributed by atoms with Gasteiger partial charge in [0.2, 0.25) is 11.8 Å². The second-order valence-electron chi connectivity index (χ2n) is 5.67. The molecule has 1 fully saturated rings. The lowest BCUT2D eigenvalue weighted by atomic mass is 9.99. The number of halogens is 2. The summed E-state index contributed by atoms with van der Waals surface area (Å²) < 4.78 is 34.3. The van der Waals surface area contributed by atoms with Gasteiger partial charge in [-0.05, 0) is 18.9 Å². The molecule has 0 bridgehead atoms. The Morgan fingerprint density at radius 1 is 1.43 bits per heavy atom. The van der Waals surface area contributed by atoms with Crippen LogP contribution in [-0.4, -0.2) is 25.8 Å². The number of hydrogen-bond donors (Lipinski definition) is 0. The molecule has 1 atom stereocenters. The summed E-state index contributed by atoms with van der Waals surface area (Å²) in [6.07, 6.45) is 3.97. The average molecular weight is 296 g/mol. The van der Waals surface area contributed by atoms with Crippen molar-refractivity contribution in [1.82, 2.24) is 19.9 Å². The van der Waals surface area contributed by atoms with Crippen molar-refractivity contribution < 1.29 is 13.3 Å². The van der Waals surface area contributed by atoms with Gasteiger partial charge in [0, 0.05) is 37.7 Å². The Morgan fingerprint density at radius 3 is 3.05 bits per heavy atom. The van der Waals surface area contributed by atoms with Crippen LogP contribution in [0.5, 0.6) is 0 Å². The van der Waals surface area contributed by atoms with E-state index in [2.05, 4.69) is 15.2 Å². The minimum Gasteiger partial charge on any atom is -0.339 e. The Kier molecular flexibility index (Phi) is 3.73. The molecule has 1 unspecified atom stereocenters. The predicted octanol–water partition coefficient (Wildman–Crippen LogP) is 3.08. The van der Waals surface area contributed by atoms with Crippen molar-refractivity contribution in [2.75, 3.05) is 0 Å². The van der Waals surface area contributed by atoms with E-state index in [9.17, 15) is 8.78 Å². The van der Waals surface area contributed by atoms with E-state index in [0.29, 0.717) is 31.0 Å². The van der Waals surface area contributed by atoms with Gasteiger partial charge < -0.3 is 4.52 Å². The van der Waals surface area contributed by atoms with E-state index in [4.69, 9.17) is 4.52 Å². The molecule has 3 rings (SSSR count). The monoisotopic (exact) mass is 296 g/mol. The van der Waals surface area contributed by atoms with E-state index in [1.165, 1.54) is 0 Å². The maximum absolute atomic E-state index is 13.7. The van der Waals surface area contributed by atoms with Crippen LogP contribution in [0.1, 0.15) is 55.4 Å². The zero-order chi connectivity index (χ0) is 14.9. The van der Waals surface area contributed by atoms with Gasteiger partial charge in [0.1, 0.15) is 0 Å². The van der Waals surface area contributed by atoms with Crippen LogP contribution < -0.4 is 0 Å². The van der Waals surface area contributed by atoms with Crippen molar-refractivity contribution in [2.45, 2.75) is 50.4 Å². The van der Waals surface area contributed by atoms with Gasteiger partial charge in [0.25, 0.3) is 0 Å². The lowest BCUT2D eigenvalue weighted by molar-refractivity contribution is -0.0200. The van der Waals surface area contributed by atoms with Crippen molar-refractivity contribution in [3.05, 3.63) is 29.7 Å². The summed E-state index contributed by atoms with van der Waals surface area (Å²) in [5.41, 5.74) is 0.952. The smallest absolute Gasteiger partial charge is 0.248 e. The highest BCUT2D eigenvalue weighted by molar-refractivity contribution is 5.08. The molecule has 1 aliphatic rings. The topological polar surface area (TPSA) is 56.7 Å². The van der Waals surface area contributed by atoms with Crippen LogP contribution in [-0.2, 0) is 13.5 Å². The van der Waals surface area contributed by atoms with E-state index in [-0.39, 0.29) is 18.8 Å². The van der Waals surface area contributed by atoms with E-state index in [0.717, 1.165) is 12.1 Å². The third-order valence-corrected chi connectivity index (χ3v) is 3.98. The van der Waals surface area contributed by atoms with E-state index < -0.39 is 5.92 Å². The van der Waals surface area contributed by atoms with Gasteiger partial charge in [-0.15, -0.1) is 0 Å². The summed E-state index contributed by atoms with van der Waals surface area (Å²) in [5.74, 6) is -2.11. The van der Waals surface area contributed by atoms with Gasteiger partial charge in [-0.25, -0.2) is 8.78 Å². The Morgan fingerprint density at radius 2 is 2.29 bits per heavy atom. The van der Waals surface area contributed by atoms with E-state index in [1.54, 1.807) is 10.9 Å². The summed E-state index contributed by atoms with van der Waals surface area (Å²) >= 11 is 0. The van der Waals surface area contributed by atoms with Crippen LogP contribution in [0.2, 0.25) is 0 Å². The molecule has 114 valence electrons. The van der Waals surface area contributed by atoms with Crippen LogP contribution in [0.3, 0.4) is 0 Å². The maximum Gasteiger partial charge on any atom is 0.248 e. The van der Waals surface area contributed by atoms with Gasteiger partial charge in [0.15, 0.2) is 5.82 Å². The fourth-order valence-corrected chi connectivity index (χ4v) is 2.79. The van der Waals surface area contributed by atoms with Gasteiger partial charge in [-0.2, -0.15) is 10.1 Å². The zero-order valence-electron chi connectivity index (χ0n) is 11.9. The third-order valence-electron chi connectivity index (χ3n) is 3.98. The second-order valence-corrected chi connectivity index (χ2v) is 5.67. The minimum atomic E-state index is -2.63. The SMILES string of the molecule is Cn1nccc1Cc1noc(C2CCCCC(F)(F)C2)n1. The first-order valence-electron chi connectivity index (χ1n) is 7.21. The minimum absolute atomic E-state index is 0.0421. The van der Waals surface area contributed by atoms with Crippen molar-refractivity contribution in [3.63, 3.8) is 0 Å². The molecule has 2 aromatic rings. The van der Waals surface area contributed by atoms with Gasteiger partial charge >= 0.3 is 0 Å². The first-order valence-corrected chi connectivity index (χ1v) is 7.21. The van der Waals surface area contributed by atoms with E-state index in [1.807, 2.05) is 13.1 Å². The van der Waals surface area contributed by atoms with Gasteiger partial charge in [0.05, 0.1) is 6.42 Å². The lowest BCUT2D eigenvalue weighted by Gasteiger charge is -2.16. The Bertz CT molecular complexity index is 608. The number of aryl methyl sites for hydroxylation is 1. The van der Waals surface area contributed by atoms with Crippen LogP contribution in [0.15, 0.2) is 16.8 Å². The normalized spacial score (nSPS) is 22.1. The van der Waals surface area contributed by atoms with Crippen molar-refractivity contribution in [3.8, 4) is 0 Å². The fraction of sp³-hybridized carbons (Fsp3) is 0.643. The zero-order valence-corrected chi connectivity index (χ0v) is 11.9. The highest BCUT2D eigenvalue weighted by atomic mass is 19.3. The predicted molar refractivity (Wildman–Crippen MR) is 71.1 cm³/mol. The van der Waals surface area contributed by atoms with Crippen LogP contribution in [0.4, 0.5) is 8.78 Å². The van der Waals surface area contributed by atoms with Crippen molar-refractivity contribution >= 4 is 0 Å². The molecule has 1 aliphatic carbocycles. The van der Waals surface area contributed by atoms with Gasteiger partial charge in [-0.1, -0.05) is 11.6 Å². The fourth-order valence-electron chi connectivity index (χ4n) is 2.79. The summed E-state index contributed by atoms with van der Waals surface area (Å²) in [5, 5.41) is 7.99. The molecule has 0 aliphatic heterocycles. The molecule has 0 spiro atoms. The lowest BCUT2D eigenvalue weighted by Crippen LogP contribution is -2.17. The first-order chi connectivity index (χ1) is 10.0. The molecule has 5 nitrogen and oxygen atoms in total. The molecule has 0 aromatic carbocycles. The molecule has 0 radical (unpaired) electrons. The van der Waals surface area contributed by atoms with Crippen LogP contribution >= 0.6 is 0 Å². The number of rotatable bonds is 3. The Hall–Kier alpha value is -1.79. The first kappa shape index (κ1) is 14.2. The Labute approximate surface area is 121 Å². The van der Waals surface area contributed by atoms with Crippen molar-refractivity contribution in [1.29, 1.82) is 0 Å². The summed E-state index contributed by atoms with van der Waals surface area (Å²) in [6, 6.07) is 1.87. The standard InChI is InChI=1S/C14H18F2N4O/c1-20-11(5-7-17-20)8-12-18-13(21-19-12)10-4-2-3-6-14(15,16)9-10/h5,7,10H,2-4,6,8-9H2,1H3. The number of aromatic nitrogens is 4. The molecule has 2 aromatic heterocycles. The second kappa shape index (κ2) is 5.54. The summed E-state index contributed by atoms with van der Waals surface area (Å²) in [7, 11) is 1.84. The molecule has 0 N–H and O–H groups in total. The van der Waals surface area contributed by atoms with E-state index >= 15 is 0 Å². The number of hydrogen-bond acceptors (Lipinski definition) is 4. The quantitative estimate of drug-likeness (QED) is 0.817. The third kappa shape index (κ3) is 3.28. The maximum atomic E-state index is 13.7. The average Bonchev–Trinajstić information content (AvgIpc) is 3.00. The number of alkyl halides is 2. The molecule has 7 heteroatoms. The Balaban J connectivity index is 1.73. The van der Waals surface area contributed by atoms with Crippen LogP contribution in [0.25, 0.3) is 0 Å². The van der Waals surface area contributed by atoms with Crippen molar-refractivity contribution in [2.24, 2.45) is 7.05 Å². The summed E-state index contributed by atoms with van der Waals surface area (Å²) in [4.78, 5) is 4.30. The molecule has 2 heterocycles. The highest BCUT2D eigenvalue weighted by Crippen LogP contribution is 2.39. The molecule has 1 saturated carbocycles. The molecular weight excluding hydrogens is 278 g/mol. The van der Waals surface area contributed by atoms with Gasteiger partial charge in [-0.3, -0.25) is 4.68 Å². The highest BCUT2D eigenvalue weighted by Gasteiger charge is 2.37. The molecule has 0 amide bonds. The molecule has 21 heavy (non-hydrogen) atoms. The largest absolute Gasteiger partial charge is 0.339 e. The number of nitrogens with zero attached hydrogens (tertiary/aromatic N) is 4. The summed E-state index contributed by atoms with van der Waals surface area (Å²) in [6.45, 7) is 0. The van der Waals surface area contributed by atoms with Crippen LogP contribution in [0, 0.1) is 0 Å². The molecule has 0 saturated heterocycles. The molecular formula is C14H18F2N4O.